The molecule has 2 heterocycles. The van der Waals surface area contributed by atoms with E-state index in [0.29, 0.717) is 36.2 Å². The molecule has 1 fully saturated rings. The lowest BCUT2D eigenvalue weighted by Gasteiger charge is -2.40. The van der Waals surface area contributed by atoms with E-state index in [9.17, 15) is 9.59 Å². The first-order chi connectivity index (χ1) is 14.5. The van der Waals surface area contributed by atoms with Crippen LogP contribution < -0.4 is 0 Å². The largest absolute Gasteiger partial charge is 0.338 e. The molecule has 1 atom stereocenters. The first-order valence-electron chi connectivity index (χ1n) is 10.4. The zero-order valence-electron chi connectivity index (χ0n) is 18.8. The third kappa shape index (κ3) is 6.01. The van der Waals surface area contributed by atoms with Crippen molar-refractivity contribution < 1.29 is 9.59 Å². The first kappa shape index (κ1) is 23.6. The van der Waals surface area contributed by atoms with Crippen molar-refractivity contribution >= 4 is 35.2 Å². The van der Waals surface area contributed by atoms with E-state index in [1.807, 2.05) is 52.5 Å². The maximum absolute atomic E-state index is 12.9. The monoisotopic (exact) mass is 463 g/mol. The summed E-state index contributed by atoms with van der Waals surface area (Å²) in [5.74, 6) is 1.20. The molecule has 168 valence electrons. The second kappa shape index (κ2) is 9.61. The number of rotatable bonds is 5. The van der Waals surface area contributed by atoms with Crippen LogP contribution in [0, 0.1) is 12.3 Å². The summed E-state index contributed by atoms with van der Waals surface area (Å²) >= 11 is 7.49. The normalized spacial score (nSPS) is 17.2. The summed E-state index contributed by atoms with van der Waals surface area (Å²) in [4.78, 5) is 29.2. The van der Waals surface area contributed by atoms with E-state index < -0.39 is 0 Å². The van der Waals surface area contributed by atoms with Crippen molar-refractivity contribution in [1.29, 1.82) is 0 Å². The summed E-state index contributed by atoms with van der Waals surface area (Å²) in [5.41, 5.74) is 0.821. The summed E-state index contributed by atoms with van der Waals surface area (Å²) in [6, 6.07) is 7.48. The van der Waals surface area contributed by atoms with Crippen LogP contribution in [0.1, 0.15) is 39.9 Å². The van der Waals surface area contributed by atoms with Crippen LogP contribution in [-0.2, 0) is 9.59 Å². The summed E-state index contributed by atoms with van der Waals surface area (Å²) in [5, 5.41) is 9.68. The number of carbonyl (C=O) groups is 2. The van der Waals surface area contributed by atoms with E-state index in [2.05, 4.69) is 31.0 Å². The number of piperazine rings is 1. The molecule has 0 bridgehead atoms. The lowest BCUT2D eigenvalue weighted by molar-refractivity contribution is -0.142. The van der Waals surface area contributed by atoms with Crippen molar-refractivity contribution in [2.24, 2.45) is 5.41 Å². The highest BCUT2D eigenvalue weighted by Gasteiger charge is 2.31. The van der Waals surface area contributed by atoms with Gasteiger partial charge in [0.15, 0.2) is 5.16 Å². The summed E-state index contributed by atoms with van der Waals surface area (Å²) in [7, 11) is 0. The molecule has 1 unspecified atom stereocenters. The second-order valence-electron chi connectivity index (χ2n) is 9.15. The highest BCUT2D eigenvalue weighted by atomic mass is 35.5. The molecule has 1 saturated heterocycles. The van der Waals surface area contributed by atoms with Crippen molar-refractivity contribution in [3.05, 3.63) is 35.1 Å². The number of aryl methyl sites for hydroxylation is 1. The fourth-order valence-electron chi connectivity index (χ4n) is 3.68. The molecule has 0 N–H and O–H groups in total. The van der Waals surface area contributed by atoms with Gasteiger partial charge in [-0.25, -0.2) is 0 Å². The Bertz CT molecular complexity index is 956. The number of hydrogen-bond acceptors (Lipinski definition) is 5. The molecule has 1 aliphatic rings. The summed E-state index contributed by atoms with van der Waals surface area (Å²) < 4.78 is 1.90. The van der Waals surface area contributed by atoms with Gasteiger partial charge in [-0.2, -0.15) is 0 Å². The SMILES string of the molecule is Cc1nnc(SCC(=O)N2CCN(C(=O)CC(C)(C)C)C(C)C2)n1-c1cccc(Cl)c1. The Balaban J connectivity index is 1.60. The molecule has 7 nitrogen and oxygen atoms in total. The van der Waals surface area contributed by atoms with Gasteiger partial charge in [0.05, 0.1) is 11.4 Å². The maximum Gasteiger partial charge on any atom is 0.233 e. The van der Waals surface area contributed by atoms with E-state index in [0.717, 1.165) is 11.5 Å². The van der Waals surface area contributed by atoms with Crippen LogP contribution in [0.2, 0.25) is 5.02 Å². The number of halogens is 1. The molecule has 2 amide bonds. The topological polar surface area (TPSA) is 71.3 Å². The van der Waals surface area contributed by atoms with Gasteiger partial charge in [0.25, 0.3) is 0 Å². The van der Waals surface area contributed by atoms with Gasteiger partial charge in [0.1, 0.15) is 5.82 Å². The average molecular weight is 464 g/mol. The minimum Gasteiger partial charge on any atom is -0.338 e. The van der Waals surface area contributed by atoms with Gasteiger partial charge in [-0.3, -0.25) is 14.2 Å². The number of benzene rings is 1. The zero-order chi connectivity index (χ0) is 22.8. The molecular formula is C22H30ClN5O2S. The Labute approximate surface area is 193 Å². The van der Waals surface area contributed by atoms with E-state index in [1.165, 1.54) is 11.8 Å². The van der Waals surface area contributed by atoms with Crippen molar-refractivity contribution in [1.82, 2.24) is 24.6 Å². The average Bonchev–Trinajstić information content (AvgIpc) is 3.05. The predicted octanol–water partition coefficient (Wildman–Crippen LogP) is 3.82. The zero-order valence-corrected chi connectivity index (χ0v) is 20.3. The van der Waals surface area contributed by atoms with Crippen LogP contribution >= 0.6 is 23.4 Å². The Hall–Kier alpha value is -2.06. The van der Waals surface area contributed by atoms with Crippen LogP contribution in [0.4, 0.5) is 0 Å². The number of amides is 2. The molecule has 1 aromatic carbocycles. The molecule has 31 heavy (non-hydrogen) atoms. The fraction of sp³-hybridized carbons (Fsp3) is 0.545. The van der Waals surface area contributed by atoms with Gasteiger partial charge in [-0.15, -0.1) is 10.2 Å². The number of thioether (sulfide) groups is 1. The first-order valence-corrected chi connectivity index (χ1v) is 11.8. The van der Waals surface area contributed by atoms with Crippen LogP contribution in [-0.4, -0.2) is 67.8 Å². The molecule has 0 saturated carbocycles. The maximum atomic E-state index is 12.9. The molecule has 0 radical (unpaired) electrons. The van der Waals surface area contributed by atoms with Gasteiger partial charge in [0, 0.05) is 37.1 Å². The van der Waals surface area contributed by atoms with E-state index >= 15 is 0 Å². The van der Waals surface area contributed by atoms with Crippen molar-refractivity contribution in [3.63, 3.8) is 0 Å². The van der Waals surface area contributed by atoms with Crippen LogP contribution in [0.25, 0.3) is 5.69 Å². The highest BCUT2D eigenvalue weighted by molar-refractivity contribution is 7.99. The van der Waals surface area contributed by atoms with Crippen molar-refractivity contribution in [2.75, 3.05) is 25.4 Å². The molecule has 1 aromatic heterocycles. The van der Waals surface area contributed by atoms with Crippen LogP contribution in [0.5, 0.6) is 0 Å². The fourth-order valence-corrected chi connectivity index (χ4v) is 4.76. The molecule has 2 aromatic rings. The Morgan fingerprint density at radius 3 is 2.58 bits per heavy atom. The Morgan fingerprint density at radius 2 is 1.94 bits per heavy atom. The minimum atomic E-state index is -0.0442. The number of hydrogen-bond donors (Lipinski definition) is 0. The highest BCUT2D eigenvalue weighted by Crippen LogP contribution is 2.25. The summed E-state index contributed by atoms with van der Waals surface area (Å²) in [6.07, 6.45) is 0.514. The third-order valence-corrected chi connectivity index (χ3v) is 6.32. The van der Waals surface area contributed by atoms with Gasteiger partial charge in [0.2, 0.25) is 11.8 Å². The standard InChI is InChI=1S/C22H30ClN5O2S/c1-15-13-26(9-10-27(15)19(29)12-22(3,4)5)20(30)14-31-21-25-24-16(2)28(21)18-8-6-7-17(23)11-18/h6-8,11,15H,9-10,12-14H2,1-5H3. The van der Waals surface area contributed by atoms with Crippen LogP contribution in [0.15, 0.2) is 29.4 Å². The second-order valence-corrected chi connectivity index (χ2v) is 10.5. The van der Waals surface area contributed by atoms with Crippen molar-refractivity contribution in [2.45, 2.75) is 52.2 Å². The molecular weight excluding hydrogens is 434 g/mol. The van der Waals surface area contributed by atoms with Crippen molar-refractivity contribution in [3.8, 4) is 5.69 Å². The van der Waals surface area contributed by atoms with Gasteiger partial charge >= 0.3 is 0 Å². The van der Waals surface area contributed by atoms with E-state index in [-0.39, 0.29) is 29.0 Å². The summed E-state index contributed by atoms with van der Waals surface area (Å²) in [6.45, 7) is 11.8. The quantitative estimate of drug-likeness (QED) is 0.630. The Kier molecular flexibility index (Phi) is 7.31. The van der Waals surface area contributed by atoms with Gasteiger partial charge in [-0.05, 0) is 37.5 Å². The smallest absolute Gasteiger partial charge is 0.233 e. The molecule has 0 spiro atoms. The molecule has 3 rings (SSSR count). The van der Waals surface area contributed by atoms with Crippen LogP contribution in [0.3, 0.4) is 0 Å². The lowest BCUT2D eigenvalue weighted by Crippen LogP contribution is -2.56. The molecule has 0 aliphatic carbocycles. The number of aromatic nitrogens is 3. The Morgan fingerprint density at radius 1 is 1.19 bits per heavy atom. The molecule has 9 heteroatoms. The number of carbonyl (C=O) groups excluding carboxylic acids is 2. The third-order valence-electron chi connectivity index (χ3n) is 5.17. The predicted molar refractivity (Wildman–Crippen MR) is 124 cm³/mol. The van der Waals surface area contributed by atoms with Gasteiger partial charge < -0.3 is 9.80 Å². The van der Waals surface area contributed by atoms with E-state index in [1.54, 1.807) is 0 Å². The van der Waals surface area contributed by atoms with E-state index in [4.69, 9.17) is 11.6 Å². The molecule has 1 aliphatic heterocycles. The number of nitrogens with zero attached hydrogens (tertiary/aromatic N) is 5. The lowest BCUT2D eigenvalue weighted by atomic mass is 9.91. The van der Waals surface area contributed by atoms with Gasteiger partial charge in [-0.1, -0.05) is 50.2 Å². The minimum absolute atomic E-state index is 0.00917.